The average Bonchev–Trinajstić information content (AvgIpc) is 3.40. The maximum Gasteiger partial charge on any atom is 0.441 e. The van der Waals surface area contributed by atoms with Crippen LogP contribution < -0.4 is 16.4 Å². The molecule has 7 nitrogen and oxygen atoms in total. The Labute approximate surface area is 164 Å². The number of hydrogen-bond donors (Lipinski definition) is 2. The van der Waals surface area contributed by atoms with E-state index >= 15 is 0 Å². The van der Waals surface area contributed by atoms with Crippen LogP contribution in [0.5, 0.6) is 0 Å². The van der Waals surface area contributed by atoms with Gasteiger partial charge in [-0.1, -0.05) is 39.8 Å². The number of amides is 1. The molecule has 148 valence electrons. The molecule has 1 aromatic heterocycles. The van der Waals surface area contributed by atoms with Gasteiger partial charge in [0, 0.05) is 0 Å². The molecule has 1 amide bonds. The van der Waals surface area contributed by atoms with Crippen LogP contribution in [0, 0.1) is 22.7 Å². The lowest BCUT2D eigenvalue weighted by atomic mass is 9.76. The van der Waals surface area contributed by atoms with Crippen molar-refractivity contribution in [3.8, 4) is 6.07 Å². The second kappa shape index (κ2) is 7.27. The summed E-state index contributed by atoms with van der Waals surface area (Å²) < 4.78 is 5.14. The average molecular weight is 382 g/mol. The van der Waals surface area contributed by atoms with Gasteiger partial charge >= 0.3 is 5.76 Å². The van der Waals surface area contributed by atoms with Gasteiger partial charge in [-0.15, -0.1) is 0 Å². The molecular formula is C21H26N4O3. The Balaban J connectivity index is 1.94. The van der Waals surface area contributed by atoms with E-state index in [1.807, 2.05) is 6.07 Å². The third kappa shape index (κ3) is 4.16. The van der Waals surface area contributed by atoms with Crippen molar-refractivity contribution >= 4 is 22.7 Å². The lowest BCUT2D eigenvalue weighted by molar-refractivity contribution is -0.123. The molecule has 0 radical (unpaired) electrons. The van der Waals surface area contributed by atoms with Crippen molar-refractivity contribution in [2.75, 3.05) is 5.32 Å². The largest absolute Gasteiger partial charge is 0.441 e. The summed E-state index contributed by atoms with van der Waals surface area (Å²) in [6.45, 7) is 8.41. The first kappa shape index (κ1) is 19.9. The molecule has 0 spiro atoms. The minimum Gasteiger partial charge on any atom is -0.408 e. The second-order valence-corrected chi connectivity index (χ2v) is 8.55. The zero-order valence-corrected chi connectivity index (χ0v) is 16.7. The Kier molecular flexibility index (Phi) is 5.16. The van der Waals surface area contributed by atoms with E-state index in [4.69, 9.17) is 4.42 Å². The monoisotopic (exact) mass is 382 g/mol. The van der Waals surface area contributed by atoms with Crippen molar-refractivity contribution in [1.82, 2.24) is 10.3 Å². The van der Waals surface area contributed by atoms with Crippen LogP contribution in [0.2, 0.25) is 0 Å². The van der Waals surface area contributed by atoms with Gasteiger partial charge in [0.2, 0.25) is 5.91 Å². The number of benzene rings is 1. The van der Waals surface area contributed by atoms with Gasteiger partial charge in [0.1, 0.15) is 23.0 Å². The van der Waals surface area contributed by atoms with E-state index in [1.165, 1.54) is 0 Å². The van der Waals surface area contributed by atoms with Crippen molar-refractivity contribution in [1.29, 1.82) is 5.26 Å². The molecule has 1 aromatic carbocycles. The third-order valence-corrected chi connectivity index (χ3v) is 5.79. The Morgan fingerprint density at radius 1 is 1.36 bits per heavy atom. The molecule has 1 aliphatic carbocycles. The number of rotatable bonds is 7. The summed E-state index contributed by atoms with van der Waals surface area (Å²) in [5.74, 6) is -0.333. The number of carbonyl (C=O) groups is 1. The van der Waals surface area contributed by atoms with E-state index in [0.29, 0.717) is 42.0 Å². The number of nitriles is 1. The van der Waals surface area contributed by atoms with E-state index in [9.17, 15) is 14.9 Å². The Morgan fingerprint density at radius 2 is 2.04 bits per heavy atom. The fraction of sp³-hybridized carbons (Fsp3) is 0.524. The van der Waals surface area contributed by atoms with Crippen LogP contribution >= 0.6 is 0 Å². The van der Waals surface area contributed by atoms with Gasteiger partial charge in [0.25, 0.3) is 0 Å². The fourth-order valence-corrected chi connectivity index (χ4v) is 2.98. The first-order valence-corrected chi connectivity index (χ1v) is 9.55. The highest BCUT2D eigenvalue weighted by Crippen LogP contribution is 2.36. The third-order valence-electron chi connectivity index (χ3n) is 5.79. The van der Waals surface area contributed by atoms with Crippen LogP contribution in [-0.4, -0.2) is 22.5 Å². The SMILES string of the molecule is CC(C)C(C)(C)CC(Nc1nc(=O)oc2ccccc12)C(=O)NC1(C#N)CC1. The van der Waals surface area contributed by atoms with Gasteiger partial charge in [-0.3, -0.25) is 4.79 Å². The van der Waals surface area contributed by atoms with E-state index in [-0.39, 0.29) is 11.3 Å². The van der Waals surface area contributed by atoms with E-state index in [0.717, 1.165) is 0 Å². The standard InChI is InChI=1S/C21H26N4O3/c1-13(2)20(3,4)11-15(18(26)25-21(12-22)9-10-21)23-17-14-7-5-6-8-16(14)28-19(27)24-17/h5-8,13,15H,9-11H2,1-4H3,(H,25,26)(H,23,24,27). The van der Waals surface area contributed by atoms with Crippen molar-refractivity contribution in [3.05, 3.63) is 34.8 Å². The number of aromatic nitrogens is 1. The Morgan fingerprint density at radius 3 is 2.64 bits per heavy atom. The first-order chi connectivity index (χ1) is 13.2. The first-order valence-electron chi connectivity index (χ1n) is 9.55. The normalized spacial score (nSPS) is 16.4. The molecule has 2 aromatic rings. The molecule has 0 aliphatic heterocycles. The molecule has 1 unspecified atom stereocenters. The summed E-state index contributed by atoms with van der Waals surface area (Å²) >= 11 is 0. The minimum absolute atomic E-state index is 0.145. The summed E-state index contributed by atoms with van der Waals surface area (Å²) in [6, 6.07) is 8.61. The molecule has 0 bridgehead atoms. The summed E-state index contributed by atoms with van der Waals surface area (Å²) in [4.78, 5) is 28.9. The number of nitrogens with zero attached hydrogens (tertiary/aromatic N) is 2. The van der Waals surface area contributed by atoms with Gasteiger partial charge in [-0.25, -0.2) is 4.79 Å². The number of fused-ring (bicyclic) bond motifs is 1. The van der Waals surface area contributed by atoms with Crippen LogP contribution in [0.4, 0.5) is 5.82 Å². The molecule has 1 aliphatic rings. The van der Waals surface area contributed by atoms with E-state index in [2.05, 4.69) is 49.4 Å². The van der Waals surface area contributed by atoms with Crippen LogP contribution in [0.1, 0.15) is 47.0 Å². The van der Waals surface area contributed by atoms with Crippen molar-refractivity contribution < 1.29 is 9.21 Å². The number of anilines is 1. The second-order valence-electron chi connectivity index (χ2n) is 8.55. The molecule has 2 N–H and O–H groups in total. The summed E-state index contributed by atoms with van der Waals surface area (Å²) in [6.07, 6.45) is 1.84. The number of carbonyl (C=O) groups excluding carboxylic acids is 1. The van der Waals surface area contributed by atoms with E-state index in [1.54, 1.807) is 18.2 Å². The molecule has 1 fully saturated rings. The zero-order valence-electron chi connectivity index (χ0n) is 16.7. The van der Waals surface area contributed by atoms with Gasteiger partial charge < -0.3 is 15.1 Å². The maximum absolute atomic E-state index is 13.0. The highest BCUT2D eigenvalue weighted by Gasteiger charge is 2.46. The highest BCUT2D eigenvalue weighted by atomic mass is 16.4. The number of para-hydroxylation sites is 1. The molecule has 1 heterocycles. The highest BCUT2D eigenvalue weighted by molar-refractivity contribution is 5.91. The maximum atomic E-state index is 13.0. The van der Waals surface area contributed by atoms with Crippen LogP contribution in [0.25, 0.3) is 11.0 Å². The summed E-state index contributed by atoms with van der Waals surface area (Å²) in [7, 11) is 0. The van der Waals surface area contributed by atoms with Crippen LogP contribution in [0.3, 0.4) is 0 Å². The summed E-state index contributed by atoms with van der Waals surface area (Å²) in [5, 5.41) is 16.0. The molecule has 1 atom stereocenters. The number of hydrogen-bond acceptors (Lipinski definition) is 6. The topological polar surface area (TPSA) is 108 Å². The van der Waals surface area contributed by atoms with Crippen molar-refractivity contribution in [3.63, 3.8) is 0 Å². The summed E-state index contributed by atoms with van der Waals surface area (Å²) in [5.41, 5.74) is -0.499. The van der Waals surface area contributed by atoms with Crippen LogP contribution in [-0.2, 0) is 4.79 Å². The van der Waals surface area contributed by atoms with Gasteiger partial charge in [-0.05, 0) is 42.7 Å². The molecular weight excluding hydrogens is 356 g/mol. The predicted octanol–water partition coefficient (Wildman–Crippen LogP) is 3.21. The van der Waals surface area contributed by atoms with E-state index < -0.39 is 17.3 Å². The Bertz CT molecular complexity index is 983. The quantitative estimate of drug-likeness (QED) is 0.761. The predicted molar refractivity (Wildman–Crippen MR) is 107 cm³/mol. The van der Waals surface area contributed by atoms with Crippen molar-refractivity contribution in [2.24, 2.45) is 11.3 Å². The molecule has 0 saturated heterocycles. The lowest BCUT2D eigenvalue weighted by Crippen LogP contribution is -2.47. The van der Waals surface area contributed by atoms with Gasteiger partial charge in [-0.2, -0.15) is 10.2 Å². The Hall–Kier alpha value is -2.88. The lowest BCUT2D eigenvalue weighted by Gasteiger charge is -2.33. The molecule has 28 heavy (non-hydrogen) atoms. The van der Waals surface area contributed by atoms with Crippen molar-refractivity contribution in [2.45, 2.75) is 58.5 Å². The van der Waals surface area contributed by atoms with Gasteiger partial charge in [0.05, 0.1) is 11.5 Å². The molecule has 1 saturated carbocycles. The molecule has 3 rings (SSSR count). The van der Waals surface area contributed by atoms with Crippen LogP contribution in [0.15, 0.2) is 33.5 Å². The minimum atomic E-state index is -0.760. The molecule has 7 heteroatoms. The number of nitrogens with one attached hydrogen (secondary N) is 2. The smallest absolute Gasteiger partial charge is 0.408 e. The zero-order chi connectivity index (χ0) is 20.5. The fourth-order valence-electron chi connectivity index (χ4n) is 2.98. The van der Waals surface area contributed by atoms with Gasteiger partial charge in [0.15, 0.2) is 0 Å².